The number of nitrogens with two attached hydrogens (primary N) is 1. The third-order valence-corrected chi connectivity index (χ3v) is 6.94. The van der Waals surface area contributed by atoms with Gasteiger partial charge in [-0.3, -0.25) is 9.80 Å². The van der Waals surface area contributed by atoms with Crippen LogP contribution in [0.4, 0.5) is 5.82 Å². The van der Waals surface area contributed by atoms with E-state index in [0.29, 0.717) is 23.8 Å². The Labute approximate surface area is 161 Å². The van der Waals surface area contributed by atoms with E-state index in [1.807, 2.05) is 6.07 Å². The Morgan fingerprint density at radius 1 is 1.11 bits per heavy atom. The SMILES string of the molecule is COc1ccc([C@@H]2CN(Cc3cccnc3N)[C@@H]3C4CCN(CC4)[C@@H]32)cc1. The molecular weight excluding hydrogens is 336 g/mol. The van der Waals surface area contributed by atoms with E-state index >= 15 is 0 Å². The summed E-state index contributed by atoms with van der Waals surface area (Å²) in [7, 11) is 1.73. The summed E-state index contributed by atoms with van der Waals surface area (Å²) in [4.78, 5) is 9.72. The summed E-state index contributed by atoms with van der Waals surface area (Å²) in [6.45, 7) is 4.49. The molecule has 27 heavy (non-hydrogen) atoms. The molecule has 142 valence electrons. The van der Waals surface area contributed by atoms with Crippen molar-refractivity contribution in [2.24, 2.45) is 5.92 Å². The number of methoxy groups -OCH3 is 1. The maximum Gasteiger partial charge on any atom is 0.127 e. The van der Waals surface area contributed by atoms with Crippen LogP contribution in [0.1, 0.15) is 29.9 Å². The normalized spacial score (nSPS) is 32.4. The largest absolute Gasteiger partial charge is 0.497 e. The minimum atomic E-state index is 0.543. The Bertz CT molecular complexity index is 800. The zero-order valence-corrected chi connectivity index (χ0v) is 15.9. The number of nitrogen functional groups attached to an aromatic ring is 1. The lowest BCUT2D eigenvalue weighted by Gasteiger charge is -2.51. The van der Waals surface area contributed by atoms with E-state index in [1.165, 1.54) is 31.5 Å². The Morgan fingerprint density at radius 3 is 2.59 bits per heavy atom. The van der Waals surface area contributed by atoms with Gasteiger partial charge in [0, 0.05) is 42.9 Å². The van der Waals surface area contributed by atoms with Crippen LogP contribution in [0.5, 0.6) is 5.75 Å². The number of benzene rings is 1. The van der Waals surface area contributed by atoms with Gasteiger partial charge < -0.3 is 10.5 Å². The van der Waals surface area contributed by atoms with Crippen LogP contribution in [0.3, 0.4) is 0 Å². The van der Waals surface area contributed by atoms with Gasteiger partial charge in [0.05, 0.1) is 7.11 Å². The number of nitrogens with zero attached hydrogens (tertiary/aromatic N) is 3. The number of hydrogen-bond donors (Lipinski definition) is 1. The molecule has 0 radical (unpaired) electrons. The lowest BCUT2D eigenvalue weighted by Crippen LogP contribution is -2.60. The first-order valence-electron chi connectivity index (χ1n) is 10.1. The lowest BCUT2D eigenvalue weighted by molar-refractivity contribution is -0.00866. The fourth-order valence-electron chi connectivity index (χ4n) is 5.67. The molecular formula is C22H28N4O. The molecule has 2 aromatic rings. The predicted molar refractivity (Wildman–Crippen MR) is 107 cm³/mol. The third-order valence-electron chi connectivity index (χ3n) is 6.94. The highest BCUT2D eigenvalue weighted by Gasteiger charge is 2.53. The fourth-order valence-corrected chi connectivity index (χ4v) is 5.67. The highest BCUT2D eigenvalue weighted by molar-refractivity contribution is 5.39. The van der Waals surface area contributed by atoms with Crippen molar-refractivity contribution in [2.75, 3.05) is 32.5 Å². The van der Waals surface area contributed by atoms with Gasteiger partial charge in [0.2, 0.25) is 0 Å². The summed E-state index contributed by atoms with van der Waals surface area (Å²) < 4.78 is 5.36. The number of aromatic nitrogens is 1. The van der Waals surface area contributed by atoms with Gasteiger partial charge >= 0.3 is 0 Å². The number of likely N-dealkylation sites (tertiary alicyclic amines) is 1. The van der Waals surface area contributed by atoms with Crippen LogP contribution >= 0.6 is 0 Å². The zero-order valence-electron chi connectivity index (χ0n) is 15.9. The summed E-state index contributed by atoms with van der Waals surface area (Å²) >= 11 is 0. The van der Waals surface area contributed by atoms with Crippen LogP contribution in [-0.2, 0) is 6.54 Å². The standard InChI is InChI=1S/C22H28N4O/c1-27-18-6-4-15(5-7-18)19-14-26(13-17-3-2-10-24-22(17)23)20-16-8-11-25(12-9-16)21(19)20/h2-7,10,16,19-21H,8-9,11-14H2,1H3,(H2,23,24)/t19-,20+,21+/m0/s1. The highest BCUT2D eigenvalue weighted by Crippen LogP contribution is 2.47. The molecule has 5 nitrogen and oxygen atoms in total. The first kappa shape index (κ1) is 17.0. The monoisotopic (exact) mass is 364 g/mol. The van der Waals surface area contributed by atoms with E-state index in [-0.39, 0.29) is 0 Å². The number of anilines is 1. The van der Waals surface area contributed by atoms with Crippen LogP contribution in [0.2, 0.25) is 0 Å². The number of hydrogen-bond acceptors (Lipinski definition) is 5. The van der Waals surface area contributed by atoms with E-state index in [9.17, 15) is 0 Å². The minimum absolute atomic E-state index is 0.543. The van der Waals surface area contributed by atoms with Gasteiger partial charge in [-0.05, 0) is 55.6 Å². The summed E-state index contributed by atoms with van der Waals surface area (Å²) in [6, 6.07) is 14.1. The van der Waals surface area contributed by atoms with Crippen LogP contribution in [-0.4, -0.2) is 53.6 Å². The second kappa shape index (κ2) is 6.80. The van der Waals surface area contributed by atoms with Gasteiger partial charge in [-0.1, -0.05) is 18.2 Å². The molecule has 2 N–H and O–H groups in total. The summed E-state index contributed by atoms with van der Waals surface area (Å²) in [6.07, 6.45) is 4.44. The topological polar surface area (TPSA) is 54.6 Å². The van der Waals surface area contributed by atoms with Gasteiger partial charge in [-0.2, -0.15) is 0 Å². The minimum Gasteiger partial charge on any atom is -0.497 e. The molecule has 1 aromatic carbocycles. The van der Waals surface area contributed by atoms with Crippen molar-refractivity contribution in [1.82, 2.24) is 14.8 Å². The van der Waals surface area contributed by atoms with Crippen LogP contribution in [0.25, 0.3) is 0 Å². The van der Waals surface area contributed by atoms with Gasteiger partial charge in [-0.15, -0.1) is 0 Å². The third kappa shape index (κ3) is 2.89. The fraction of sp³-hybridized carbons (Fsp3) is 0.500. The molecule has 3 atom stereocenters. The van der Waals surface area contributed by atoms with Gasteiger partial charge in [-0.25, -0.2) is 4.98 Å². The Kier molecular flexibility index (Phi) is 4.29. The lowest BCUT2D eigenvalue weighted by atomic mass is 9.75. The molecule has 6 rings (SSSR count). The second-order valence-electron chi connectivity index (χ2n) is 8.21. The molecule has 0 spiro atoms. The molecule has 0 unspecified atom stereocenters. The van der Waals surface area contributed by atoms with Gasteiger partial charge in [0.1, 0.15) is 11.6 Å². The van der Waals surface area contributed by atoms with Gasteiger partial charge in [0.15, 0.2) is 0 Å². The maximum absolute atomic E-state index is 6.16. The smallest absolute Gasteiger partial charge is 0.127 e. The summed E-state index contributed by atoms with van der Waals surface area (Å²) in [5.41, 5.74) is 8.74. The van der Waals surface area contributed by atoms with Crippen molar-refractivity contribution in [1.29, 1.82) is 0 Å². The maximum atomic E-state index is 6.16. The van der Waals surface area contributed by atoms with Gasteiger partial charge in [0.25, 0.3) is 0 Å². The van der Waals surface area contributed by atoms with E-state index in [2.05, 4.69) is 45.1 Å². The Hall–Kier alpha value is -2.11. The number of pyridine rings is 1. The molecule has 1 aromatic heterocycles. The van der Waals surface area contributed by atoms with Crippen molar-refractivity contribution >= 4 is 5.82 Å². The first-order valence-corrected chi connectivity index (χ1v) is 10.1. The molecule has 4 fully saturated rings. The highest BCUT2D eigenvalue weighted by atomic mass is 16.5. The molecule has 4 aliphatic heterocycles. The average molecular weight is 364 g/mol. The summed E-state index contributed by atoms with van der Waals surface area (Å²) in [5, 5.41) is 0. The molecule has 2 bridgehead atoms. The van der Waals surface area contributed by atoms with Crippen molar-refractivity contribution in [3.63, 3.8) is 0 Å². The van der Waals surface area contributed by atoms with Crippen molar-refractivity contribution in [2.45, 2.75) is 37.4 Å². The van der Waals surface area contributed by atoms with Crippen LogP contribution < -0.4 is 10.5 Å². The molecule has 0 aliphatic carbocycles. The van der Waals surface area contributed by atoms with Crippen LogP contribution in [0, 0.1) is 5.92 Å². The molecule has 4 saturated heterocycles. The molecule has 5 heterocycles. The van der Waals surface area contributed by atoms with E-state index in [0.717, 1.165) is 30.3 Å². The van der Waals surface area contributed by atoms with E-state index in [4.69, 9.17) is 10.5 Å². The second-order valence-corrected chi connectivity index (χ2v) is 8.21. The molecule has 4 aliphatic rings. The van der Waals surface area contributed by atoms with E-state index in [1.54, 1.807) is 13.3 Å². The quantitative estimate of drug-likeness (QED) is 0.904. The van der Waals surface area contributed by atoms with Crippen molar-refractivity contribution < 1.29 is 4.74 Å². The van der Waals surface area contributed by atoms with Crippen LogP contribution in [0.15, 0.2) is 42.6 Å². The predicted octanol–water partition coefficient (Wildman–Crippen LogP) is 2.73. The summed E-state index contributed by atoms with van der Waals surface area (Å²) in [5.74, 6) is 2.95. The van der Waals surface area contributed by atoms with E-state index < -0.39 is 0 Å². The molecule has 0 amide bonds. The number of ether oxygens (including phenoxy) is 1. The average Bonchev–Trinajstić information content (AvgIpc) is 3.12. The molecule has 5 heteroatoms. The number of rotatable bonds is 4. The van der Waals surface area contributed by atoms with Crippen molar-refractivity contribution in [3.8, 4) is 5.75 Å². The number of fused-ring (bicyclic) bond motifs is 2. The van der Waals surface area contributed by atoms with Crippen molar-refractivity contribution in [3.05, 3.63) is 53.7 Å². The first-order chi connectivity index (χ1) is 13.2. The Morgan fingerprint density at radius 2 is 1.89 bits per heavy atom. The Balaban J connectivity index is 1.47. The number of piperidine rings is 3. The molecule has 0 saturated carbocycles. The zero-order chi connectivity index (χ0) is 18.4.